The number of aryl methyl sites for hydroxylation is 1. The van der Waals surface area contributed by atoms with Crippen LogP contribution < -0.4 is 16.8 Å². The van der Waals surface area contributed by atoms with Gasteiger partial charge in [0.1, 0.15) is 17.4 Å². The number of rotatable bonds is 2. The molecule has 0 saturated carbocycles. The molecule has 0 spiro atoms. The molecule has 1 aromatic rings. The molecule has 0 radical (unpaired) electrons. The van der Waals surface area contributed by atoms with E-state index in [-0.39, 0.29) is 0 Å². The highest BCUT2D eigenvalue weighted by atomic mass is 16.5. The van der Waals surface area contributed by atoms with E-state index in [0.29, 0.717) is 24.7 Å². The molecule has 0 aliphatic carbocycles. The van der Waals surface area contributed by atoms with Gasteiger partial charge in [-0.15, -0.1) is 0 Å². The van der Waals surface area contributed by atoms with Crippen LogP contribution in [0.25, 0.3) is 0 Å². The van der Waals surface area contributed by atoms with Crippen LogP contribution >= 0.6 is 0 Å². The molecule has 1 fully saturated rings. The highest BCUT2D eigenvalue weighted by Crippen LogP contribution is 2.22. The fourth-order valence-electron chi connectivity index (χ4n) is 2.34. The summed E-state index contributed by atoms with van der Waals surface area (Å²) < 4.78 is 5.35. The fraction of sp³-hybridized carbons (Fsp3) is 0.500. The average Bonchev–Trinajstić information content (AvgIpc) is 2.86. The molecule has 3 heterocycles. The van der Waals surface area contributed by atoms with E-state index in [2.05, 4.69) is 25.4 Å². The molecular weight excluding hydrogens is 258 g/mol. The molecule has 1 unspecified atom stereocenters. The number of aliphatic imine (C=N–C) groups is 1. The number of H-pyrrole nitrogens is 1. The third-order valence-corrected chi connectivity index (χ3v) is 3.36. The van der Waals surface area contributed by atoms with E-state index in [1.165, 1.54) is 0 Å². The van der Waals surface area contributed by atoms with E-state index in [1.807, 2.05) is 13.0 Å². The summed E-state index contributed by atoms with van der Waals surface area (Å²) in [5.41, 5.74) is 13.8. The van der Waals surface area contributed by atoms with Crippen molar-refractivity contribution in [1.29, 1.82) is 0 Å². The smallest absolute Gasteiger partial charge is 0.231 e. The molecule has 0 bridgehead atoms. The minimum Gasteiger partial charge on any atom is -0.384 e. The van der Waals surface area contributed by atoms with Crippen molar-refractivity contribution in [2.45, 2.75) is 12.7 Å². The number of nitrogens with one attached hydrogen (secondary N) is 2. The van der Waals surface area contributed by atoms with Crippen molar-refractivity contribution in [3.8, 4) is 0 Å². The molecule has 8 heteroatoms. The van der Waals surface area contributed by atoms with Crippen LogP contribution in [0.3, 0.4) is 0 Å². The Morgan fingerprint density at radius 1 is 1.40 bits per heavy atom. The molecule has 2 aliphatic rings. The summed E-state index contributed by atoms with van der Waals surface area (Å²) in [4.78, 5) is 6.43. The summed E-state index contributed by atoms with van der Waals surface area (Å²) >= 11 is 0. The highest BCUT2D eigenvalue weighted by Gasteiger charge is 2.34. The Kier molecular flexibility index (Phi) is 3.11. The topological polar surface area (TPSA) is 118 Å². The number of nitrogens with two attached hydrogens (primary N) is 2. The lowest BCUT2D eigenvalue weighted by molar-refractivity contribution is 0.0471. The van der Waals surface area contributed by atoms with Crippen LogP contribution in [0, 0.1) is 6.92 Å². The number of hydrogen-bond donors (Lipinski definition) is 4. The Balaban J connectivity index is 1.87. The first-order chi connectivity index (χ1) is 9.57. The zero-order chi connectivity index (χ0) is 14.2. The first-order valence-corrected chi connectivity index (χ1v) is 6.56. The molecular formula is C12H19N7O. The van der Waals surface area contributed by atoms with Gasteiger partial charge in [-0.2, -0.15) is 5.10 Å². The van der Waals surface area contributed by atoms with Gasteiger partial charge in [-0.3, -0.25) is 10.8 Å². The highest BCUT2D eigenvalue weighted by molar-refractivity contribution is 5.93. The molecule has 1 atom stereocenters. The molecule has 108 valence electrons. The van der Waals surface area contributed by atoms with Crippen molar-refractivity contribution in [3.05, 3.63) is 29.4 Å². The lowest BCUT2D eigenvalue weighted by Gasteiger charge is -2.37. The van der Waals surface area contributed by atoms with E-state index in [0.717, 1.165) is 24.6 Å². The van der Waals surface area contributed by atoms with Gasteiger partial charge in [0.15, 0.2) is 0 Å². The lowest BCUT2D eigenvalue weighted by atomic mass is 10.2. The average molecular weight is 277 g/mol. The van der Waals surface area contributed by atoms with Crippen LogP contribution in [-0.2, 0) is 10.5 Å². The maximum Gasteiger partial charge on any atom is 0.231 e. The number of ether oxygens (including phenoxy) is 1. The molecule has 0 amide bonds. The van der Waals surface area contributed by atoms with Gasteiger partial charge in [-0.05, 0) is 13.0 Å². The van der Waals surface area contributed by atoms with Crippen LogP contribution in [0.2, 0.25) is 0 Å². The van der Waals surface area contributed by atoms with E-state index in [1.54, 1.807) is 6.08 Å². The largest absolute Gasteiger partial charge is 0.384 e. The second-order valence-electron chi connectivity index (χ2n) is 4.99. The van der Waals surface area contributed by atoms with E-state index < -0.39 is 5.79 Å². The van der Waals surface area contributed by atoms with Gasteiger partial charge in [0.05, 0.1) is 13.2 Å². The lowest BCUT2D eigenvalue weighted by Crippen LogP contribution is -2.56. The molecule has 8 nitrogen and oxygen atoms in total. The molecule has 1 aromatic heterocycles. The maximum atomic E-state index is 6.32. The SMILES string of the molecule is Cc1cc(C2(N)N=C(N)C=C(N3CCOCC3)N2)n[nH]1. The van der Waals surface area contributed by atoms with Crippen LogP contribution in [-0.4, -0.2) is 47.2 Å². The van der Waals surface area contributed by atoms with Gasteiger partial charge in [0, 0.05) is 24.9 Å². The molecule has 2 aliphatic heterocycles. The number of morpholine rings is 1. The van der Waals surface area contributed by atoms with Crippen molar-refractivity contribution in [3.63, 3.8) is 0 Å². The predicted octanol–water partition coefficient (Wildman–Crippen LogP) is -1.08. The number of hydrogen-bond acceptors (Lipinski definition) is 7. The minimum absolute atomic E-state index is 0.383. The molecule has 6 N–H and O–H groups in total. The summed E-state index contributed by atoms with van der Waals surface area (Å²) in [6.07, 6.45) is 1.79. The van der Waals surface area contributed by atoms with Crippen molar-refractivity contribution in [1.82, 2.24) is 20.4 Å². The summed E-state index contributed by atoms with van der Waals surface area (Å²) in [7, 11) is 0. The Bertz CT molecular complexity index is 558. The first-order valence-electron chi connectivity index (χ1n) is 6.56. The van der Waals surface area contributed by atoms with Gasteiger partial charge < -0.3 is 20.7 Å². The standard InChI is InChI=1S/C12H19N7O/c1-8-6-9(18-17-8)12(14)15-10(13)7-11(16-12)19-2-4-20-5-3-19/h6-7,16H,2-5,14H2,1H3,(H2,13,15)(H,17,18). The minimum atomic E-state index is -1.14. The van der Waals surface area contributed by atoms with E-state index in [9.17, 15) is 0 Å². The van der Waals surface area contributed by atoms with Crippen molar-refractivity contribution in [2.75, 3.05) is 26.3 Å². The Morgan fingerprint density at radius 3 is 2.80 bits per heavy atom. The van der Waals surface area contributed by atoms with Crippen LogP contribution in [0.1, 0.15) is 11.4 Å². The van der Waals surface area contributed by atoms with Crippen LogP contribution in [0.15, 0.2) is 23.0 Å². The number of aromatic amines is 1. The zero-order valence-electron chi connectivity index (χ0n) is 11.4. The Morgan fingerprint density at radius 2 is 2.15 bits per heavy atom. The van der Waals surface area contributed by atoms with Crippen molar-refractivity contribution in [2.24, 2.45) is 16.5 Å². The zero-order valence-corrected chi connectivity index (χ0v) is 11.4. The third-order valence-electron chi connectivity index (χ3n) is 3.36. The molecule has 20 heavy (non-hydrogen) atoms. The van der Waals surface area contributed by atoms with E-state index in [4.69, 9.17) is 16.2 Å². The summed E-state index contributed by atoms with van der Waals surface area (Å²) in [6, 6.07) is 1.85. The number of amidine groups is 1. The fourth-order valence-corrected chi connectivity index (χ4v) is 2.34. The monoisotopic (exact) mass is 277 g/mol. The number of aromatic nitrogens is 2. The summed E-state index contributed by atoms with van der Waals surface area (Å²) in [6.45, 7) is 4.88. The molecule has 3 rings (SSSR count). The Hall–Kier alpha value is -2.06. The second-order valence-corrected chi connectivity index (χ2v) is 4.99. The Labute approximate surface area is 116 Å². The summed E-state index contributed by atoms with van der Waals surface area (Å²) in [5.74, 6) is 0.0920. The van der Waals surface area contributed by atoms with Gasteiger partial charge in [0.25, 0.3) is 0 Å². The normalized spacial score (nSPS) is 26.8. The maximum absolute atomic E-state index is 6.32. The molecule has 1 saturated heterocycles. The predicted molar refractivity (Wildman–Crippen MR) is 74.4 cm³/mol. The van der Waals surface area contributed by atoms with Crippen LogP contribution in [0.4, 0.5) is 0 Å². The van der Waals surface area contributed by atoms with Crippen molar-refractivity contribution < 1.29 is 4.74 Å². The van der Waals surface area contributed by atoms with E-state index >= 15 is 0 Å². The van der Waals surface area contributed by atoms with Crippen molar-refractivity contribution >= 4 is 5.84 Å². The quantitative estimate of drug-likeness (QED) is 0.546. The van der Waals surface area contributed by atoms with Crippen LogP contribution in [0.5, 0.6) is 0 Å². The van der Waals surface area contributed by atoms with Gasteiger partial charge in [0.2, 0.25) is 5.79 Å². The number of nitrogens with zero attached hydrogens (tertiary/aromatic N) is 3. The summed E-state index contributed by atoms with van der Waals surface area (Å²) in [5, 5.41) is 10.3. The van der Waals surface area contributed by atoms with Gasteiger partial charge in [-0.25, -0.2) is 4.99 Å². The van der Waals surface area contributed by atoms with Gasteiger partial charge in [-0.1, -0.05) is 0 Å². The first kappa shape index (κ1) is 12.9. The third kappa shape index (κ3) is 2.35. The van der Waals surface area contributed by atoms with Gasteiger partial charge >= 0.3 is 0 Å². The second kappa shape index (κ2) is 4.80. The molecule has 0 aromatic carbocycles.